The van der Waals surface area contributed by atoms with Crippen molar-refractivity contribution in [3.05, 3.63) is 18.2 Å². The first-order chi connectivity index (χ1) is 7.81. The van der Waals surface area contributed by atoms with Gasteiger partial charge in [0.25, 0.3) is 0 Å². The van der Waals surface area contributed by atoms with E-state index in [4.69, 9.17) is 4.74 Å². The van der Waals surface area contributed by atoms with Gasteiger partial charge in [0, 0.05) is 18.8 Å². The maximum absolute atomic E-state index is 11.1. The number of aromatic nitrogens is 2. The van der Waals surface area contributed by atoms with Crippen LogP contribution in [0.1, 0.15) is 31.5 Å². The molecule has 1 heterocycles. The Morgan fingerprint density at radius 3 is 3.19 bits per heavy atom. The van der Waals surface area contributed by atoms with Gasteiger partial charge in [-0.25, -0.2) is 4.98 Å². The lowest BCUT2D eigenvalue weighted by Gasteiger charge is -2.07. The number of ether oxygens (including phenoxy) is 1. The van der Waals surface area contributed by atoms with Crippen molar-refractivity contribution in [2.24, 2.45) is 0 Å². The molecule has 0 aromatic carbocycles. The predicted octanol–water partition coefficient (Wildman–Crippen LogP) is 0.871. The van der Waals surface area contributed by atoms with Crippen molar-refractivity contribution in [3.63, 3.8) is 0 Å². The standard InChI is InChI=1S/C11H17N3O2/c1-2-16-11(15)7-12-5-10-6-13-8-14(10)9-3-4-9/h6,8-9,12H,2-5,7H2,1H3. The van der Waals surface area contributed by atoms with Crippen molar-refractivity contribution in [2.45, 2.75) is 32.4 Å². The predicted molar refractivity (Wildman–Crippen MR) is 58.8 cm³/mol. The van der Waals surface area contributed by atoms with Crippen molar-refractivity contribution in [2.75, 3.05) is 13.2 Å². The van der Waals surface area contributed by atoms with Crippen LogP contribution in [0.3, 0.4) is 0 Å². The molecular formula is C11H17N3O2. The molecule has 5 heteroatoms. The lowest BCUT2D eigenvalue weighted by Crippen LogP contribution is -2.25. The summed E-state index contributed by atoms with van der Waals surface area (Å²) >= 11 is 0. The molecule has 0 atom stereocenters. The summed E-state index contributed by atoms with van der Waals surface area (Å²) in [6.45, 7) is 3.15. The first kappa shape index (κ1) is 11.1. The second-order valence-electron chi connectivity index (χ2n) is 3.93. The smallest absolute Gasteiger partial charge is 0.319 e. The molecule has 0 unspecified atom stereocenters. The van der Waals surface area contributed by atoms with Crippen molar-refractivity contribution in [3.8, 4) is 0 Å². The van der Waals surface area contributed by atoms with E-state index in [0.717, 1.165) is 5.69 Å². The Morgan fingerprint density at radius 1 is 1.69 bits per heavy atom. The van der Waals surface area contributed by atoms with Crippen LogP contribution in [0, 0.1) is 0 Å². The van der Waals surface area contributed by atoms with Crippen molar-refractivity contribution < 1.29 is 9.53 Å². The minimum atomic E-state index is -0.208. The van der Waals surface area contributed by atoms with Crippen LogP contribution in [0.15, 0.2) is 12.5 Å². The molecule has 1 saturated carbocycles. The molecule has 0 amide bonds. The number of nitrogens with zero attached hydrogens (tertiary/aromatic N) is 2. The molecule has 16 heavy (non-hydrogen) atoms. The first-order valence-corrected chi connectivity index (χ1v) is 5.68. The molecule has 1 aliphatic rings. The van der Waals surface area contributed by atoms with Gasteiger partial charge in [-0.15, -0.1) is 0 Å². The van der Waals surface area contributed by atoms with Crippen LogP contribution in [0.2, 0.25) is 0 Å². The van der Waals surface area contributed by atoms with Crippen molar-refractivity contribution >= 4 is 5.97 Å². The molecule has 88 valence electrons. The van der Waals surface area contributed by atoms with Crippen LogP contribution >= 0.6 is 0 Å². The van der Waals surface area contributed by atoms with E-state index in [1.807, 2.05) is 12.5 Å². The molecule has 0 saturated heterocycles. The lowest BCUT2D eigenvalue weighted by atomic mass is 10.4. The van der Waals surface area contributed by atoms with Gasteiger partial charge in [0.1, 0.15) is 0 Å². The third kappa shape index (κ3) is 2.82. The Labute approximate surface area is 94.8 Å². The number of hydrogen-bond donors (Lipinski definition) is 1. The first-order valence-electron chi connectivity index (χ1n) is 5.68. The fraction of sp³-hybridized carbons (Fsp3) is 0.636. The maximum Gasteiger partial charge on any atom is 0.319 e. The summed E-state index contributed by atoms with van der Waals surface area (Å²) in [6.07, 6.45) is 6.18. The Morgan fingerprint density at radius 2 is 2.50 bits per heavy atom. The maximum atomic E-state index is 11.1. The molecule has 0 bridgehead atoms. The zero-order valence-corrected chi connectivity index (χ0v) is 9.48. The summed E-state index contributed by atoms with van der Waals surface area (Å²) in [5, 5.41) is 3.06. The van der Waals surface area contributed by atoms with E-state index >= 15 is 0 Å². The summed E-state index contributed by atoms with van der Waals surface area (Å²) in [5.74, 6) is -0.208. The number of esters is 1. The molecule has 1 aromatic heterocycles. The normalized spacial score (nSPS) is 15.1. The summed E-state index contributed by atoms with van der Waals surface area (Å²) in [6, 6.07) is 0.627. The molecule has 0 aliphatic heterocycles. The van der Waals surface area contributed by atoms with Gasteiger partial charge in [0.15, 0.2) is 0 Å². The molecule has 5 nitrogen and oxygen atoms in total. The molecule has 1 fully saturated rings. The average molecular weight is 223 g/mol. The fourth-order valence-corrected chi connectivity index (χ4v) is 1.66. The van der Waals surface area contributed by atoms with Crippen molar-refractivity contribution in [1.29, 1.82) is 0 Å². The van der Waals surface area contributed by atoms with E-state index in [0.29, 0.717) is 19.2 Å². The number of carbonyl (C=O) groups is 1. The molecule has 2 rings (SSSR count). The van der Waals surface area contributed by atoms with E-state index in [2.05, 4.69) is 14.9 Å². The second-order valence-corrected chi connectivity index (χ2v) is 3.93. The molecular weight excluding hydrogens is 206 g/mol. The Kier molecular flexibility index (Phi) is 3.56. The van der Waals surface area contributed by atoms with Gasteiger partial charge in [0.2, 0.25) is 0 Å². The summed E-state index contributed by atoms with van der Waals surface area (Å²) in [5.41, 5.74) is 1.13. The number of hydrogen-bond acceptors (Lipinski definition) is 4. The van der Waals surface area contributed by atoms with Gasteiger partial charge < -0.3 is 14.6 Å². The van der Waals surface area contributed by atoms with Gasteiger partial charge in [-0.3, -0.25) is 4.79 Å². The second kappa shape index (κ2) is 5.12. The van der Waals surface area contributed by atoms with E-state index in [9.17, 15) is 4.79 Å². The fourth-order valence-electron chi connectivity index (χ4n) is 1.66. The number of nitrogens with one attached hydrogen (secondary N) is 1. The monoisotopic (exact) mass is 223 g/mol. The van der Waals surface area contributed by atoms with Gasteiger partial charge >= 0.3 is 5.97 Å². The zero-order valence-electron chi connectivity index (χ0n) is 9.48. The minimum Gasteiger partial charge on any atom is -0.465 e. The molecule has 0 radical (unpaired) electrons. The number of imidazole rings is 1. The van der Waals surface area contributed by atoms with Gasteiger partial charge in [-0.1, -0.05) is 0 Å². The van der Waals surface area contributed by atoms with E-state index in [1.54, 1.807) is 6.92 Å². The number of carbonyl (C=O) groups excluding carboxylic acids is 1. The quantitative estimate of drug-likeness (QED) is 0.727. The SMILES string of the molecule is CCOC(=O)CNCc1cncn1C1CC1. The molecule has 0 spiro atoms. The highest BCUT2D eigenvalue weighted by Crippen LogP contribution is 2.35. The van der Waals surface area contributed by atoms with Crippen LogP contribution in [-0.2, 0) is 16.1 Å². The van der Waals surface area contributed by atoms with E-state index in [1.165, 1.54) is 12.8 Å². The molecule has 1 aromatic rings. The Bertz CT molecular complexity index is 358. The summed E-state index contributed by atoms with van der Waals surface area (Å²) in [4.78, 5) is 15.2. The third-order valence-electron chi connectivity index (χ3n) is 2.57. The molecule has 1 aliphatic carbocycles. The van der Waals surface area contributed by atoms with E-state index < -0.39 is 0 Å². The van der Waals surface area contributed by atoms with Crippen LogP contribution in [-0.4, -0.2) is 28.7 Å². The topological polar surface area (TPSA) is 56.1 Å². The molecule has 1 N–H and O–H groups in total. The van der Waals surface area contributed by atoms with E-state index in [-0.39, 0.29) is 12.5 Å². The van der Waals surface area contributed by atoms with Gasteiger partial charge in [0.05, 0.1) is 25.2 Å². The number of rotatable bonds is 6. The largest absolute Gasteiger partial charge is 0.465 e. The highest BCUT2D eigenvalue weighted by molar-refractivity contribution is 5.71. The Balaban J connectivity index is 1.76. The van der Waals surface area contributed by atoms with Gasteiger partial charge in [-0.2, -0.15) is 0 Å². The average Bonchev–Trinajstić information content (AvgIpc) is 3.00. The summed E-state index contributed by atoms with van der Waals surface area (Å²) < 4.78 is 7.01. The Hall–Kier alpha value is -1.36. The zero-order chi connectivity index (χ0) is 11.4. The summed E-state index contributed by atoms with van der Waals surface area (Å²) in [7, 11) is 0. The highest BCUT2D eigenvalue weighted by Gasteiger charge is 2.24. The van der Waals surface area contributed by atoms with Crippen molar-refractivity contribution in [1.82, 2.24) is 14.9 Å². The third-order valence-corrected chi connectivity index (χ3v) is 2.57. The van der Waals surface area contributed by atoms with Gasteiger partial charge in [-0.05, 0) is 19.8 Å². The van der Waals surface area contributed by atoms with Crippen LogP contribution in [0.25, 0.3) is 0 Å². The lowest BCUT2D eigenvalue weighted by molar-refractivity contribution is -0.142. The van der Waals surface area contributed by atoms with Crippen LogP contribution in [0.5, 0.6) is 0 Å². The highest BCUT2D eigenvalue weighted by atomic mass is 16.5. The van der Waals surface area contributed by atoms with Crippen LogP contribution < -0.4 is 5.32 Å². The minimum absolute atomic E-state index is 0.208. The van der Waals surface area contributed by atoms with Crippen LogP contribution in [0.4, 0.5) is 0 Å².